The zero-order valence-electron chi connectivity index (χ0n) is 20.2. The molecule has 1 fully saturated rings. The van der Waals surface area contributed by atoms with Crippen LogP contribution in [0.5, 0.6) is 5.75 Å². The Morgan fingerprint density at radius 2 is 1.94 bits per heavy atom. The molecule has 0 aromatic heterocycles. The Balaban J connectivity index is 1.44. The summed E-state index contributed by atoms with van der Waals surface area (Å²) in [6, 6.07) is 14.2. The predicted molar refractivity (Wildman–Crippen MR) is 136 cm³/mol. The molecule has 6 heteroatoms. The van der Waals surface area contributed by atoms with Crippen molar-refractivity contribution >= 4 is 17.7 Å². The second kappa shape index (κ2) is 9.77. The monoisotopic (exact) mass is 459 g/mol. The zero-order chi connectivity index (χ0) is 24.3. The van der Waals surface area contributed by atoms with Crippen molar-refractivity contribution in [2.24, 2.45) is 5.73 Å². The number of ether oxygens (including phenoxy) is 2. The van der Waals surface area contributed by atoms with Gasteiger partial charge < -0.3 is 25.0 Å². The van der Waals surface area contributed by atoms with E-state index in [1.165, 1.54) is 11.1 Å². The van der Waals surface area contributed by atoms with Crippen LogP contribution in [0, 0.1) is 0 Å². The maximum absolute atomic E-state index is 12.9. The van der Waals surface area contributed by atoms with Gasteiger partial charge >= 0.3 is 0 Å². The molecule has 6 nitrogen and oxygen atoms in total. The average molecular weight is 460 g/mol. The summed E-state index contributed by atoms with van der Waals surface area (Å²) >= 11 is 0. The van der Waals surface area contributed by atoms with Crippen LogP contribution in [-0.2, 0) is 21.7 Å². The van der Waals surface area contributed by atoms with Crippen molar-refractivity contribution in [2.75, 3.05) is 25.1 Å². The fourth-order valence-electron chi connectivity index (χ4n) is 4.75. The second-order valence-electron chi connectivity index (χ2n) is 9.01. The standard InChI is InChI=1S/C28H33N3O3/c1-20(2)31(18-21(3)29)25-11-9-22(17-26(25)33-4)10-12-27(32)30-15-13-28(14-16-30)24-8-6-5-7-23(24)19-34-28/h5-12,17-18H,1,13-16,19,29H2,2-4H3/b12-10+,21-18-. The summed E-state index contributed by atoms with van der Waals surface area (Å²) in [5, 5.41) is 0. The van der Waals surface area contributed by atoms with Crippen LogP contribution in [-0.4, -0.2) is 31.0 Å². The minimum atomic E-state index is -0.244. The van der Waals surface area contributed by atoms with Crippen LogP contribution in [0.1, 0.15) is 43.4 Å². The van der Waals surface area contributed by atoms with Crippen molar-refractivity contribution in [2.45, 2.75) is 38.9 Å². The Hall–Kier alpha value is -3.51. The zero-order valence-corrected chi connectivity index (χ0v) is 20.2. The van der Waals surface area contributed by atoms with Gasteiger partial charge in [0.15, 0.2) is 0 Å². The Morgan fingerprint density at radius 1 is 1.21 bits per heavy atom. The average Bonchev–Trinajstić information content (AvgIpc) is 3.19. The fourth-order valence-corrected chi connectivity index (χ4v) is 4.75. The third-order valence-corrected chi connectivity index (χ3v) is 6.52. The van der Waals surface area contributed by atoms with E-state index in [0.29, 0.717) is 31.1 Å². The van der Waals surface area contributed by atoms with Crippen LogP contribution in [0.3, 0.4) is 0 Å². The van der Waals surface area contributed by atoms with Gasteiger partial charge in [-0.1, -0.05) is 36.9 Å². The highest BCUT2D eigenvalue weighted by molar-refractivity contribution is 5.92. The minimum absolute atomic E-state index is 0.00873. The van der Waals surface area contributed by atoms with Crippen molar-refractivity contribution in [3.8, 4) is 5.75 Å². The van der Waals surface area contributed by atoms with Crippen LogP contribution in [0.15, 0.2) is 72.7 Å². The number of carbonyl (C=O) groups excluding carboxylic acids is 1. The highest BCUT2D eigenvalue weighted by atomic mass is 16.5. The second-order valence-corrected chi connectivity index (χ2v) is 9.01. The van der Waals surface area contributed by atoms with Crippen LogP contribution < -0.4 is 15.4 Å². The number of allylic oxidation sites excluding steroid dienone is 2. The maximum Gasteiger partial charge on any atom is 0.246 e. The Bertz CT molecular complexity index is 1140. The normalized spacial score (nSPS) is 17.1. The number of anilines is 1. The molecule has 2 aliphatic rings. The number of benzene rings is 2. The summed E-state index contributed by atoms with van der Waals surface area (Å²) in [6.07, 6.45) is 6.91. The molecule has 1 amide bonds. The molecule has 0 bridgehead atoms. The van der Waals surface area contributed by atoms with Gasteiger partial charge in [-0.05, 0) is 61.6 Å². The van der Waals surface area contributed by atoms with Gasteiger partial charge in [-0.25, -0.2) is 0 Å². The van der Waals surface area contributed by atoms with Crippen LogP contribution in [0.25, 0.3) is 6.08 Å². The van der Waals surface area contributed by atoms with Crippen LogP contribution in [0.4, 0.5) is 5.69 Å². The van der Waals surface area contributed by atoms with E-state index in [9.17, 15) is 4.79 Å². The number of nitrogens with zero attached hydrogens (tertiary/aromatic N) is 2. The smallest absolute Gasteiger partial charge is 0.246 e. The third kappa shape index (κ3) is 4.73. The summed E-state index contributed by atoms with van der Waals surface area (Å²) < 4.78 is 11.8. The SMILES string of the molecule is C=C(C)N(/C=C(/C)N)c1ccc(/C=C/C(=O)N2CCC3(CC2)OCc2ccccc23)cc1OC. The molecule has 2 heterocycles. The fraction of sp³-hybridized carbons (Fsp3) is 0.321. The number of piperidine rings is 1. The van der Waals surface area contributed by atoms with E-state index in [0.717, 1.165) is 29.8 Å². The van der Waals surface area contributed by atoms with E-state index in [4.69, 9.17) is 15.2 Å². The molecule has 178 valence electrons. The first-order valence-corrected chi connectivity index (χ1v) is 11.6. The van der Waals surface area contributed by atoms with E-state index in [1.807, 2.05) is 54.1 Å². The number of likely N-dealkylation sites (tertiary alicyclic amines) is 1. The number of nitrogens with two attached hydrogens (primary N) is 1. The predicted octanol–water partition coefficient (Wildman–Crippen LogP) is 4.92. The lowest BCUT2D eigenvalue weighted by Gasteiger charge is -2.39. The summed E-state index contributed by atoms with van der Waals surface area (Å²) in [5.74, 6) is 0.682. The molecule has 0 unspecified atom stereocenters. The van der Waals surface area contributed by atoms with Gasteiger partial charge in [0.1, 0.15) is 5.75 Å². The first-order chi connectivity index (χ1) is 16.3. The van der Waals surface area contributed by atoms with Gasteiger partial charge in [0.2, 0.25) is 5.91 Å². The Kier molecular flexibility index (Phi) is 6.80. The van der Waals surface area contributed by atoms with Crippen LogP contribution >= 0.6 is 0 Å². The Morgan fingerprint density at radius 3 is 2.62 bits per heavy atom. The van der Waals surface area contributed by atoms with Gasteiger partial charge in [0, 0.05) is 36.8 Å². The van der Waals surface area contributed by atoms with Gasteiger partial charge in [0.05, 0.1) is 25.0 Å². The molecule has 0 radical (unpaired) electrons. The largest absolute Gasteiger partial charge is 0.495 e. The molecule has 2 aromatic carbocycles. The summed E-state index contributed by atoms with van der Waals surface area (Å²) in [4.78, 5) is 16.7. The lowest BCUT2D eigenvalue weighted by Crippen LogP contribution is -2.44. The quantitative estimate of drug-likeness (QED) is 0.622. The number of hydrogen-bond acceptors (Lipinski definition) is 5. The maximum atomic E-state index is 12.9. The molecule has 2 aliphatic heterocycles. The molecule has 2 N–H and O–H groups in total. The van der Waals surface area contributed by atoms with Crippen molar-refractivity contribution in [1.82, 2.24) is 4.90 Å². The van der Waals surface area contributed by atoms with Crippen molar-refractivity contribution in [1.29, 1.82) is 0 Å². The third-order valence-electron chi connectivity index (χ3n) is 6.52. The van der Waals surface area contributed by atoms with Crippen molar-refractivity contribution in [3.05, 3.63) is 89.4 Å². The number of methoxy groups -OCH3 is 1. The number of fused-ring (bicyclic) bond motifs is 2. The molecule has 0 saturated carbocycles. The molecular weight excluding hydrogens is 426 g/mol. The summed E-state index contributed by atoms with van der Waals surface area (Å²) in [7, 11) is 1.62. The number of hydrogen-bond donors (Lipinski definition) is 1. The number of rotatable bonds is 6. The van der Waals surface area contributed by atoms with E-state index in [2.05, 4.69) is 30.8 Å². The highest BCUT2D eigenvalue weighted by Gasteiger charge is 2.42. The summed E-state index contributed by atoms with van der Waals surface area (Å²) in [5.41, 5.74) is 11.4. The molecule has 4 rings (SSSR count). The van der Waals surface area contributed by atoms with E-state index < -0.39 is 0 Å². The molecule has 34 heavy (non-hydrogen) atoms. The molecular formula is C28H33N3O3. The van der Waals surface area contributed by atoms with Gasteiger partial charge in [-0.15, -0.1) is 0 Å². The first-order valence-electron chi connectivity index (χ1n) is 11.6. The van der Waals surface area contributed by atoms with Gasteiger partial charge in [-0.2, -0.15) is 0 Å². The van der Waals surface area contributed by atoms with Crippen LogP contribution in [0.2, 0.25) is 0 Å². The molecule has 1 saturated heterocycles. The molecule has 0 atom stereocenters. The molecule has 0 aliphatic carbocycles. The lowest BCUT2D eigenvalue weighted by molar-refractivity contribution is -0.133. The van der Waals surface area contributed by atoms with Gasteiger partial charge in [-0.3, -0.25) is 4.79 Å². The van der Waals surface area contributed by atoms with E-state index in [1.54, 1.807) is 13.2 Å². The number of amides is 1. The molecule has 2 aromatic rings. The topological polar surface area (TPSA) is 68.0 Å². The lowest BCUT2D eigenvalue weighted by atomic mass is 9.84. The minimum Gasteiger partial charge on any atom is -0.495 e. The Labute approximate surface area is 201 Å². The van der Waals surface area contributed by atoms with Gasteiger partial charge in [0.25, 0.3) is 0 Å². The highest BCUT2D eigenvalue weighted by Crippen LogP contribution is 2.44. The first kappa shape index (κ1) is 23.6. The molecule has 1 spiro atoms. The van der Waals surface area contributed by atoms with E-state index >= 15 is 0 Å². The van der Waals surface area contributed by atoms with E-state index in [-0.39, 0.29) is 11.5 Å². The summed E-state index contributed by atoms with van der Waals surface area (Å²) in [6.45, 7) is 9.78. The number of carbonyl (C=O) groups is 1. The van der Waals surface area contributed by atoms with Crippen molar-refractivity contribution < 1.29 is 14.3 Å². The van der Waals surface area contributed by atoms with Crippen molar-refractivity contribution in [3.63, 3.8) is 0 Å².